The third kappa shape index (κ3) is 24.0. The zero-order chi connectivity index (χ0) is 95.9. The number of Topliss-reactive ketones (excluding diaryl/α,β-unsaturated/α-hetero) is 3. The second-order valence-electron chi connectivity index (χ2n) is 36.9. The quantitative estimate of drug-likeness (QED) is 0.0152. The van der Waals surface area contributed by atoms with Crippen LogP contribution in [0.1, 0.15) is 158 Å². The van der Waals surface area contributed by atoms with Crippen LogP contribution in [0.15, 0.2) is 121 Å². The lowest BCUT2D eigenvalue weighted by atomic mass is 9.80. The van der Waals surface area contributed by atoms with Gasteiger partial charge in [0.25, 0.3) is 17.6 Å². The summed E-state index contributed by atoms with van der Waals surface area (Å²) in [6.45, 7) is 15.9. The summed E-state index contributed by atoms with van der Waals surface area (Å²) in [4.78, 5) is 171. The number of ether oxygens (including phenoxy) is 7. The van der Waals surface area contributed by atoms with E-state index in [0.29, 0.717) is 162 Å². The number of aromatic amines is 1. The number of nitrogens with one attached hydrogen (secondary N) is 2. The number of alkyl carbamates (subject to hydrolysis) is 1. The predicted octanol–water partition coefficient (Wildman–Crippen LogP) is 7.23. The summed E-state index contributed by atoms with van der Waals surface area (Å²) in [6.07, 6.45) is 19.2. The van der Waals surface area contributed by atoms with Crippen molar-refractivity contribution in [2.75, 3.05) is 116 Å². The van der Waals surface area contributed by atoms with Gasteiger partial charge in [0.15, 0.2) is 11.4 Å². The molecule has 38 heteroatoms. The number of piperidine rings is 1. The van der Waals surface area contributed by atoms with Crippen LogP contribution in [0.2, 0.25) is 0 Å². The highest BCUT2D eigenvalue weighted by Gasteiger charge is 2.54. The average molecular weight is 1860 g/mol. The number of carboxylic acids is 1. The zero-order valence-electron chi connectivity index (χ0n) is 78.3. The molecule has 2 bridgehead atoms. The molecule has 1 aliphatic carbocycles. The van der Waals surface area contributed by atoms with Crippen LogP contribution in [-0.2, 0) is 92.8 Å². The fourth-order valence-corrected chi connectivity index (χ4v) is 19.5. The minimum Gasteiger partial charge on any atom is -0.480 e. The van der Waals surface area contributed by atoms with Crippen LogP contribution >= 0.6 is 0 Å². The van der Waals surface area contributed by atoms with E-state index in [-0.39, 0.29) is 100 Å². The molecule has 4 amide bonds. The summed E-state index contributed by atoms with van der Waals surface area (Å²) in [7, 11) is 4.39. The van der Waals surface area contributed by atoms with Crippen molar-refractivity contribution in [2.24, 2.45) is 35.3 Å². The highest BCUT2D eigenvalue weighted by Crippen LogP contribution is 2.40. The lowest BCUT2D eigenvalue weighted by Gasteiger charge is -2.42. The molecule has 724 valence electrons. The first-order valence-electron chi connectivity index (χ1n) is 46.9. The highest BCUT2D eigenvalue weighted by atomic mass is 16.6. The van der Waals surface area contributed by atoms with Gasteiger partial charge in [-0.25, -0.2) is 54.0 Å². The van der Waals surface area contributed by atoms with E-state index in [1.807, 2.05) is 72.1 Å². The van der Waals surface area contributed by atoms with E-state index in [1.165, 1.54) is 37.8 Å². The Labute approximate surface area is 784 Å². The van der Waals surface area contributed by atoms with Crippen LogP contribution in [0, 0.1) is 29.6 Å². The number of H-pyrrole nitrogens is 1. The number of nitrogens with two attached hydrogens (primary N) is 2. The van der Waals surface area contributed by atoms with E-state index in [0.717, 1.165) is 43.8 Å². The van der Waals surface area contributed by atoms with Gasteiger partial charge in [-0.15, -0.1) is 0 Å². The van der Waals surface area contributed by atoms with Gasteiger partial charge in [0, 0.05) is 184 Å². The second kappa shape index (κ2) is 45.3. The number of aliphatic hydroxyl groups is 2. The molecule has 5 fully saturated rings. The normalized spacial score (nSPS) is 28.1. The van der Waals surface area contributed by atoms with Gasteiger partial charge in [-0.3, -0.25) is 33.7 Å². The number of anilines is 3. The Bertz CT molecular complexity index is 5510. The van der Waals surface area contributed by atoms with Crippen molar-refractivity contribution >= 4 is 92.9 Å². The number of hydrogen-bond donors (Lipinski definition) is 7. The first-order chi connectivity index (χ1) is 64.9. The minimum absolute atomic E-state index is 0.0140. The molecular weight excluding hydrogens is 1740 g/mol. The monoisotopic (exact) mass is 1860 g/mol. The molecule has 6 aromatic heterocycles. The Morgan fingerprint density at radius 1 is 0.756 bits per heavy atom. The molecule has 4 saturated heterocycles. The smallest absolute Gasteiger partial charge is 0.407 e. The number of esters is 1. The summed E-state index contributed by atoms with van der Waals surface area (Å²) in [5, 5.41) is 43.6. The molecule has 6 aliphatic heterocycles. The van der Waals surface area contributed by atoms with Gasteiger partial charge in [0.1, 0.15) is 65.8 Å². The van der Waals surface area contributed by atoms with Crippen molar-refractivity contribution in [2.45, 2.75) is 218 Å². The van der Waals surface area contributed by atoms with Gasteiger partial charge in [-0.1, -0.05) is 82.4 Å². The van der Waals surface area contributed by atoms with Crippen LogP contribution in [0.4, 0.5) is 22.5 Å². The molecule has 16 atom stereocenters. The van der Waals surface area contributed by atoms with Crippen molar-refractivity contribution < 1.29 is 91.6 Å². The number of rotatable bonds is 22. The molecule has 38 nitrogen and oxygen atoms in total. The molecule has 135 heavy (non-hydrogen) atoms. The highest BCUT2D eigenvalue weighted by molar-refractivity contribution is 6.39. The third-order valence-corrected chi connectivity index (χ3v) is 27.5. The van der Waals surface area contributed by atoms with Gasteiger partial charge in [-0.05, 0) is 136 Å². The van der Waals surface area contributed by atoms with Crippen LogP contribution in [0.5, 0.6) is 0 Å². The number of carbonyl (C=O) groups is 9. The number of carbonyl (C=O) groups excluding carboxylic acids is 8. The molecule has 9 N–H and O–H groups in total. The maximum Gasteiger partial charge on any atom is 0.407 e. The average Bonchev–Trinajstić information content (AvgIpc) is 1.69. The molecule has 14 rings (SSSR count). The molecular formula is C97H127N19O19. The number of carboxylic acid groups (broad SMARTS) is 1. The van der Waals surface area contributed by atoms with Crippen LogP contribution in [0.25, 0.3) is 33.3 Å². The number of fused-ring (bicyclic) bond motifs is 6. The zero-order valence-corrected chi connectivity index (χ0v) is 78.3. The Morgan fingerprint density at radius 2 is 1.52 bits per heavy atom. The Balaban J connectivity index is 0.512. The number of cyclic esters (lactones) is 1. The molecule has 0 spiro atoms. The van der Waals surface area contributed by atoms with Crippen LogP contribution < -0.4 is 26.6 Å². The molecule has 0 radical (unpaired) electrons. The number of methoxy groups -OCH3 is 3. The number of allylic oxidation sites excluding steroid dienone is 6. The fraction of sp³-hybridized carbons (Fsp3) is 0.557. The number of pyridine rings is 1. The number of aliphatic hydroxyl groups excluding tert-OH is 1. The largest absolute Gasteiger partial charge is 0.480 e. The number of nitrogens with zero attached hydrogens (tertiary/aromatic N) is 15. The van der Waals surface area contributed by atoms with Gasteiger partial charge in [-0.2, -0.15) is 5.10 Å². The van der Waals surface area contributed by atoms with E-state index in [4.69, 9.17) is 49.7 Å². The van der Waals surface area contributed by atoms with E-state index in [1.54, 1.807) is 64.4 Å². The van der Waals surface area contributed by atoms with E-state index < -0.39 is 126 Å². The summed E-state index contributed by atoms with van der Waals surface area (Å²) in [6, 6.07) is 6.77. The molecule has 7 aromatic rings. The first-order valence-corrected chi connectivity index (χ1v) is 46.9. The molecule has 1 aromatic carbocycles. The number of amides is 4. The number of piperazine rings is 2. The minimum atomic E-state index is -2.53. The van der Waals surface area contributed by atoms with Crippen molar-refractivity contribution in [3.05, 3.63) is 149 Å². The molecule has 1 saturated carbocycles. The first kappa shape index (κ1) is 99.2. The summed E-state index contributed by atoms with van der Waals surface area (Å²) in [5.41, 5.74) is 21.7. The lowest BCUT2D eigenvalue weighted by molar-refractivity contribution is -0.265. The van der Waals surface area contributed by atoms with Crippen molar-refractivity contribution in [3.8, 4) is 11.3 Å². The molecule has 7 aliphatic rings. The number of hydrogen-bond acceptors (Lipinski definition) is 31. The van der Waals surface area contributed by atoms with Gasteiger partial charge < -0.3 is 94.7 Å². The van der Waals surface area contributed by atoms with Crippen LogP contribution in [-0.4, -0.2) is 304 Å². The van der Waals surface area contributed by atoms with E-state index >= 15 is 0 Å². The Kier molecular flexibility index (Phi) is 33.3. The van der Waals surface area contributed by atoms with Crippen LogP contribution in [0.3, 0.4) is 0 Å². The molecule has 12 heterocycles. The molecule has 0 unspecified atom stereocenters. The number of ketones is 3. The topological polar surface area (TPSA) is 486 Å². The standard InChI is InChI=1S/C97H127N19O19/c1-57-15-11-10-12-16-58(2)77(129-7)45-71-22-18-62(6)97(128,135-71)86(121)91(123)115-28-14-13-17-73(115)93(126)133-78(46-75(117)59(3)40-61(5)84(120)85(131-9)83(119)60(4)39-57)72(98)42-63-20-23-76(79(43-63)130-8)134-96(127)106-49-65-47-102-95(103-48-65)113-34-35-114(74(55-113)92(124)125)80(118)26-37-132-38-36-110-30-32-111(33-31-110)94-104-51-70(52-105-94)90(122)112-29-25-66-41-64(19-21-68(66)54-112)53-116-89-81(87(99)107-56-108-89)82(109-116)69-44-67-24-27-100-88(67)101-50-69/h10-12,15-16,19,21,24,27,40-41,44,47-48,50-52,56-57,59-60,62-63,71-74,76-79,84-85,120,128H,13-14,17-18,20,22-23,25-26,28-39,42-43,45-46,49,53-55,98H2,1-9H3,(H,100,101)(H,106,127)(H,124,125)(H2,99,107,108)/b12-10+,15-11+,58-16+,61-40+/t57-,59-,60-,62-,63+,71+,72-,73+,74-,76-,77+,78+,79-,84-,85+,97-/m1/s1. The number of aliphatic carboxylic acids is 1. The van der Waals surface area contributed by atoms with Gasteiger partial charge in [0.05, 0.1) is 62.0 Å². The number of benzene rings is 1. The van der Waals surface area contributed by atoms with Gasteiger partial charge >= 0.3 is 18.0 Å². The summed E-state index contributed by atoms with van der Waals surface area (Å²) < 4.78 is 43.7. The van der Waals surface area contributed by atoms with Crippen molar-refractivity contribution in [1.29, 1.82) is 0 Å². The maximum atomic E-state index is 14.8. The SMILES string of the molecule is CO[C@H]1C[C@@H]2CC[C@@H](C)[C@@](O)(O2)C(=O)C(=O)N2CCCC[C@H]2C(=O)O[C@H]([C@H](N)C[C@@H]2CC[C@@H](OC(=O)NCc3cnc(N4CCN(C(=O)CCOCCN5CCN(c6ncc(C(=O)N7CCc8cc(Cn9nc(-c%10cnc%11[nH]ccc%11c%10)c%10c(N)ncnc%109)ccc8C7)cn6)CC5)[C@@H](C(=O)O)C4)nc3)[C@H](OC)C2)CC(=O)[C@H](C)/C=C(\C)[C@@H](O)[C@@H](OC)C(=O)[C@H](C)C[C@H](C)/C=C/C=C/C=C/1C. The summed E-state index contributed by atoms with van der Waals surface area (Å²) >= 11 is 0. The van der Waals surface area contributed by atoms with E-state index in [9.17, 15) is 58.5 Å². The Hall–Kier alpha value is -11.8. The maximum absolute atomic E-state index is 14.8. The van der Waals surface area contributed by atoms with Crippen molar-refractivity contribution in [3.63, 3.8) is 0 Å². The van der Waals surface area contributed by atoms with E-state index in [2.05, 4.69) is 73.2 Å². The second-order valence-corrected chi connectivity index (χ2v) is 36.9. The van der Waals surface area contributed by atoms with Gasteiger partial charge in [0.2, 0.25) is 23.6 Å². The van der Waals surface area contributed by atoms with Crippen molar-refractivity contribution in [1.82, 2.24) is 74.6 Å². The Morgan fingerprint density at radius 3 is 2.27 bits per heavy atom. The third-order valence-electron chi connectivity index (χ3n) is 27.5. The summed E-state index contributed by atoms with van der Waals surface area (Å²) in [5.74, 6) is -9.54. The number of aromatic nitrogens is 10. The lowest BCUT2D eigenvalue weighted by Crippen LogP contribution is -2.61. The predicted molar refractivity (Wildman–Crippen MR) is 497 cm³/mol. The fourth-order valence-electron chi connectivity index (χ4n) is 19.5. The number of nitrogen functional groups attached to an aromatic ring is 1.